The van der Waals surface area contributed by atoms with Gasteiger partial charge in [-0.3, -0.25) is 4.57 Å². The number of halogens is 3. The maximum atomic E-state index is 13.3. The molecule has 2 aromatic carbocycles. The van der Waals surface area contributed by atoms with Gasteiger partial charge in [-0.1, -0.05) is 0 Å². The summed E-state index contributed by atoms with van der Waals surface area (Å²) in [7, 11) is 1.60. The molecular weight excluding hydrogens is 359 g/mol. The number of ether oxygens (including phenoxy) is 1. The van der Waals surface area contributed by atoms with E-state index in [0.29, 0.717) is 17.1 Å². The van der Waals surface area contributed by atoms with E-state index in [0.717, 1.165) is 15.7 Å². The van der Waals surface area contributed by atoms with Gasteiger partial charge in [-0.25, -0.2) is 9.37 Å². The molecule has 21 heavy (non-hydrogen) atoms. The maximum Gasteiger partial charge on any atom is 0.135 e. The van der Waals surface area contributed by atoms with Crippen LogP contribution in [0.4, 0.5) is 4.39 Å². The van der Waals surface area contributed by atoms with Crippen molar-refractivity contribution in [2.24, 2.45) is 0 Å². The molecule has 0 atom stereocenters. The van der Waals surface area contributed by atoms with E-state index in [4.69, 9.17) is 16.3 Å². The molecule has 0 bridgehead atoms. The van der Waals surface area contributed by atoms with E-state index in [9.17, 15) is 4.39 Å². The molecule has 0 aliphatic rings. The first-order valence-electron chi connectivity index (χ1n) is 6.21. The minimum absolute atomic E-state index is 0.231. The number of nitrogens with zero attached hydrogens (tertiary/aromatic N) is 2. The first-order valence-corrected chi connectivity index (χ1v) is 7.53. The Kier molecular flexibility index (Phi) is 3.87. The van der Waals surface area contributed by atoms with Crippen LogP contribution in [0.2, 0.25) is 0 Å². The van der Waals surface area contributed by atoms with Crippen molar-refractivity contribution in [1.29, 1.82) is 0 Å². The fraction of sp³-hybridized carbons (Fsp3) is 0.133. The lowest BCUT2D eigenvalue weighted by atomic mass is 10.2. The molecule has 1 heterocycles. The Morgan fingerprint density at radius 1 is 1.29 bits per heavy atom. The monoisotopic (exact) mass is 368 g/mol. The highest BCUT2D eigenvalue weighted by molar-refractivity contribution is 9.10. The third-order valence-corrected chi connectivity index (χ3v) is 4.09. The second-order valence-electron chi connectivity index (χ2n) is 4.45. The largest absolute Gasteiger partial charge is 0.495 e. The molecule has 0 aliphatic heterocycles. The van der Waals surface area contributed by atoms with Gasteiger partial charge in [-0.15, -0.1) is 11.6 Å². The molecule has 0 aliphatic carbocycles. The Labute approximate surface area is 134 Å². The van der Waals surface area contributed by atoms with Gasteiger partial charge in [-0.2, -0.15) is 0 Å². The zero-order chi connectivity index (χ0) is 15.0. The molecule has 0 radical (unpaired) electrons. The average molecular weight is 370 g/mol. The van der Waals surface area contributed by atoms with Gasteiger partial charge in [0.25, 0.3) is 0 Å². The number of benzene rings is 2. The minimum atomic E-state index is -0.318. The summed E-state index contributed by atoms with van der Waals surface area (Å²) < 4.78 is 21.4. The molecule has 0 saturated heterocycles. The van der Waals surface area contributed by atoms with E-state index in [1.54, 1.807) is 13.2 Å². The van der Waals surface area contributed by atoms with Gasteiger partial charge >= 0.3 is 0 Å². The lowest BCUT2D eigenvalue weighted by molar-refractivity contribution is 0.412. The summed E-state index contributed by atoms with van der Waals surface area (Å²) in [5, 5.41) is 0. The van der Waals surface area contributed by atoms with Crippen molar-refractivity contribution in [3.05, 3.63) is 52.5 Å². The summed E-state index contributed by atoms with van der Waals surface area (Å²) in [5.74, 6) is 1.27. The molecule has 0 amide bonds. The van der Waals surface area contributed by atoms with Gasteiger partial charge in [0.2, 0.25) is 0 Å². The van der Waals surface area contributed by atoms with Crippen LogP contribution in [0.15, 0.2) is 40.9 Å². The first kappa shape index (κ1) is 14.4. The van der Waals surface area contributed by atoms with Crippen molar-refractivity contribution in [1.82, 2.24) is 9.55 Å². The molecule has 0 unspecified atom stereocenters. The molecule has 6 heteroatoms. The number of hydrogen-bond donors (Lipinski definition) is 0. The fourth-order valence-corrected chi connectivity index (χ4v) is 2.86. The van der Waals surface area contributed by atoms with Crippen LogP contribution in [0.5, 0.6) is 5.75 Å². The molecule has 0 saturated carbocycles. The van der Waals surface area contributed by atoms with Crippen LogP contribution in [0, 0.1) is 5.82 Å². The molecular formula is C15H11BrClFN2O. The number of rotatable bonds is 3. The summed E-state index contributed by atoms with van der Waals surface area (Å²) in [4.78, 5) is 4.38. The van der Waals surface area contributed by atoms with Crippen LogP contribution in [0.3, 0.4) is 0 Å². The zero-order valence-electron chi connectivity index (χ0n) is 11.1. The van der Waals surface area contributed by atoms with Crippen molar-refractivity contribution in [2.75, 3.05) is 7.11 Å². The molecule has 3 aromatic rings. The second-order valence-corrected chi connectivity index (χ2v) is 5.57. The molecule has 108 valence electrons. The highest BCUT2D eigenvalue weighted by atomic mass is 79.9. The summed E-state index contributed by atoms with van der Waals surface area (Å²) in [5.41, 5.74) is 2.24. The van der Waals surface area contributed by atoms with Gasteiger partial charge in [0, 0.05) is 12.1 Å². The molecule has 0 N–H and O–H groups in total. The Morgan fingerprint density at radius 2 is 2.10 bits per heavy atom. The van der Waals surface area contributed by atoms with Gasteiger partial charge < -0.3 is 4.74 Å². The summed E-state index contributed by atoms with van der Waals surface area (Å²) in [6, 6.07) is 10.2. The lowest BCUT2D eigenvalue weighted by Gasteiger charge is -2.10. The topological polar surface area (TPSA) is 27.1 Å². The molecule has 0 spiro atoms. The number of hydrogen-bond acceptors (Lipinski definition) is 2. The van der Waals surface area contributed by atoms with E-state index in [2.05, 4.69) is 20.9 Å². The van der Waals surface area contributed by atoms with E-state index in [1.165, 1.54) is 12.1 Å². The first-order chi connectivity index (χ1) is 10.1. The number of methoxy groups -OCH3 is 1. The summed E-state index contributed by atoms with van der Waals surface area (Å²) in [6.45, 7) is 0. The quantitative estimate of drug-likeness (QED) is 0.627. The second kappa shape index (κ2) is 5.66. The van der Waals surface area contributed by atoms with E-state index < -0.39 is 0 Å². The molecule has 0 fully saturated rings. The Morgan fingerprint density at radius 3 is 2.81 bits per heavy atom. The van der Waals surface area contributed by atoms with Crippen LogP contribution in [-0.2, 0) is 5.88 Å². The van der Waals surface area contributed by atoms with Crippen LogP contribution in [0.25, 0.3) is 16.7 Å². The van der Waals surface area contributed by atoms with Gasteiger partial charge in [0.15, 0.2) is 0 Å². The van der Waals surface area contributed by atoms with Gasteiger partial charge in [-0.05, 0) is 40.2 Å². The molecule has 1 aromatic heterocycles. The van der Waals surface area contributed by atoms with E-state index >= 15 is 0 Å². The summed E-state index contributed by atoms with van der Waals surface area (Å²) in [6.07, 6.45) is 0. The van der Waals surface area contributed by atoms with Crippen molar-refractivity contribution >= 4 is 38.6 Å². The van der Waals surface area contributed by atoms with Crippen LogP contribution in [-0.4, -0.2) is 16.7 Å². The average Bonchev–Trinajstić information content (AvgIpc) is 2.85. The Hall–Kier alpha value is -1.59. The van der Waals surface area contributed by atoms with Crippen molar-refractivity contribution < 1.29 is 9.13 Å². The SMILES string of the molecule is COc1cc(-n2c(CCl)nc3cc(F)ccc32)ccc1Br. The highest BCUT2D eigenvalue weighted by Crippen LogP contribution is 2.30. The third kappa shape index (κ3) is 2.51. The Balaban J connectivity index is 2.28. The normalized spacial score (nSPS) is 11.0. The fourth-order valence-electron chi connectivity index (χ4n) is 2.27. The number of aromatic nitrogens is 2. The number of imidazole rings is 1. The third-order valence-electron chi connectivity index (χ3n) is 3.20. The van der Waals surface area contributed by atoms with Gasteiger partial charge in [0.1, 0.15) is 17.4 Å². The van der Waals surface area contributed by atoms with Crippen molar-refractivity contribution in [2.45, 2.75) is 5.88 Å². The predicted molar refractivity (Wildman–Crippen MR) is 84.8 cm³/mol. The molecule has 3 nitrogen and oxygen atoms in total. The van der Waals surface area contributed by atoms with Crippen LogP contribution in [0.1, 0.15) is 5.82 Å². The predicted octanol–water partition coefficient (Wildman–Crippen LogP) is 4.67. The Bertz CT molecular complexity index is 819. The number of alkyl halides is 1. The van der Waals surface area contributed by atoms with Crippen LogP contribution >= 0.6 is 27.5 Å². The number of fused-ring (bicyclic) bond motifs is 1. The zero-order valence-corrected chi connectivity index (χ0v) is 13.4. The summed E-state index contributed by atoms with van der Waals surface area (Å²) >= 11 is 9.40. The van der Waals surface area contributed by atoms with Gasteiger partial charge in [0.05, 0.1) is 34.2 Å². The highest BCUT2D eigenvalue weighted by Gasteiger charge is 2.13. The van der Waals surface area contributed by atoms with E-state index in [1.807, 2.05) is 22.8 Å². The van der Waals surface area contributed by atoms with Crippen molar-refractivity contribution in [3.63, 3.8) is 0 Å². The van der Waals surface area contributed by atoms with Crippen molar-refractivity contribution in [3.8, 4) is 11.4 Å². The standard InChI is InChI=1S/C15H11BrClFN2O/c1-21-14-7-10(3-4-11(14)16)20-13-5-2-9(18)6-12(13)19-15(20)8-17/h2-7H,8H2,1H3. The lowest BCUT2D eigenvalue weighted by Crippen LogP contribution is -2.00. The molecule has 3 rings (SSSR count). The minimum Gasteiger partial charge on any atom is -0.495 e. The van der Waals surface area contributed by atoms with Crippen LogP contribution < -0.4 is 4.74 Å². The maximum absolute atomic E-state index is 13.3. The van der Waals surface area contributed by atoms with E-state index in [-0.39, 0.29) is 11.7 Å². The smallest absolute Gasteiger partial charge is 0.135 e.